The van der Waals surface area contributed by atoms with E-state index in [1.165, 1.54) is 167 Å². The third-order valence-electron chi connectivity index (χ3n) is 10.2. The van der Waals surface area contributed by atoms with Gasteiger partial charge in [-0.1, -0.05) is 213 Å². The normalized spacial score (nSPS) is 12.8. The third-order valence-corrected chi connectivity index (χ3v) is 10.2. The van der Waals surface area contributed by atoms with Crippen LogP contribution in [0.25, 0.3) is 0 Å². The van der Waals surface area contributed by atoms with E-state index < -0.39 is 5.97 Å². The first-order valence-corrected chi connectivity index (χ1v) is 20.5. The summed E-state index contributed by atoms with van der Waals surface area (Å²) in [4.78, 5) is 23.8. The highest BCUT2D eigenvalue weighted by Crippen LogP contribution is 2.22. The molecule has 268 valence electrons. The summed E-state index contributed by atoms with van der Waals surface area (Å²) in [7, 11) is 0. The molecule has 0 aliphatic carbocycles. The SMILES string of the molecule is CCCCCCCCCCCCCCCCC(CCCCCC(CCCCCCCCCCCCCCCC)C(=O)O)C(N)=O. The summed E-state index contributed by atoms with van der Waals surface area (Å²) < 4.78 is 0. The van der Waals surface area contributed by atoms with E-state index in [0.29, 0.717) is 0 Å². The van der Waals surface area contributed by atoms with Gasteiger partial charge in [-0.25, -0.2) is 0 Å². The third kappa shape index (κ3) is 32.7. The molecule has 2 atom stereocenters. The van der Waals surface area contributed by atoms with Gasteiger partial charge in [-0.15, -0.1) is 0 Å². The lowest BCUT2D eigenvalue weighted by molar-refractivity contribution is -0.142. The van der Waals surface area contributed by atoms with Crippen LogP contribution in [0.4, 0.5) is 0 Å². The molecule has 0 radical (unpaired) electrons. The molecule has 0 fully saturated rings. The van der Waals surface area contributed by atoms with Gasteiger partial charge in [0.25, 0.3) is 0 Å². The molecule has 0 heterocycles. The van der Waals surface area contributed by atoms with Crippen LogP contribution in [0, 0.1) is 11.8 Å². The zero-order chi connectivity index (χ0) is 33.1. The Bertz CT molecular complexity index is 570. The van der Waals surface area contributed by atoms with Crippen LogP contribution in [0.2, 0.25) is 0 Å². The molecule has 4 heteroatoms. The van der Waals surface area contributed by atoms with E-state index in [-0.39, 0.29) is 17.7 Å². The van der Waals surface area contributed by atoms with Crippen LogP contribution in [-0.2, 0) is 9.59 Å². The molecule has 0 spiro atoms. The Kier molecular flexibility index (Phi) is 34.9. The van der Waals surface area contributed by atoms with Crippen molar-refractivity contribution in [2.24, 2.45) is 17.6 Å². The van der Waals surface area contributed by atoms with E-state index in [0.717, 1.165) is 57.8 Å². The van der Waals surface area contributed by atoms with Gasteiger partial charge in [0.15, 0.2) is 0 Å². The molecule has 4 nitrogen and oxygen atoms in total. The number of unbranched alkanes of at least 4 members (excludes halogenated alkanes) is 28. The van der Waals surface area contributed by atoms with Crippen molar-refractivity contribution in [1.29, 1.82) is 0 Å². The van der Waals surface area contributed by atoms with Crippen LogP contribution in [0.15, 0.2) is 0 Å². The summed E-state index contributed by atoms with van der Waals surface area (Å²) in [5.74, 6) is -0.985. The second-order valence-electron chi connectivity index (χ2n) is 14.5. The zero-order valence-corrected chi connectivity index (χ0v) is 30.7. The summed E-state index contributed by atoms with van der Waals surface area (Å²) in [6.45, 7) is 4.55. The summed E-state index contributed by atoms with van der Waals surface area (Å²) in [6, 6.07) is 0. The Morgan fingerprint density at radius 3 is 0.800 bits per heavy atom. The maximum atomic E-state index is 12.0. The summed E-state index contributed by atoms with van der Waals surface area (Å²) in [5.41, 5.74) is 5.72. The van der Waals surface area contributed by atoms with Crippen molar-refractivity contribution in [2.45, 2.75) is 239 Å². The lowest BCUT2D eigenvalue weighted by Gasteiger charge is -2.14. The van der Waals surface area contributed by atoms with Crippen molar-refractivity contribution in [3.63, 3.8) is 0 Å². The number of carboxylic acids is 1. The van der Waals surface area contributed by atoms with Crippen LogP contribution in [-0.4, -0.2) is 17.0 Å². The molecular weight excluding hydrogens is 554 g/mol. The van der Waals surface area contributed by atoms with Gasteiger partial charge in [0, 0.05) is 5.92 Å². The number of hydrogen-bond acceptors (Lipinski definition) is 2. The molecule has 0 aliphatic rings. The number of nitrogens with two attached hydrogens (primary N) is 1. The fourth-order valence-corrected chi connectivity index (χ4v) is 6.95. The molecule has 0 aliphatic heterocycles. The predicted octanol–water partition coefficient (Wildman–Crippen LogP) is 13.5. The largest absolute Gasteiger partial charge is 0.481 e. The smallest absolute Gasteiger partial charge is 0.306 e. The van der Waals surface area contributed by atoms with Crippen LogP contribution < -0.4 is 5.73 Å². The second-order valence-corrected chi connectivity index (χ2v) is 14.5. The highest BCUT2D eigenvalue weighted by Gasteiger charge is 2.18. The molecule has 2 unspecified atom stereocenters. The molecule has 0 aromatic heterocycles. The molecule has 0 bridgehead atoms. The first-order chi connectivity index (χ1) is 22.0. The summed E-state index contributed by atoms with van der Waals surface area (Å²) in [6.07, 6.45) is 43.8. The summed E-state index contributed by atoms with van der Waals surface area (Å²) in [5, 5.41) is 9.69. The molecule has 0 aromatic rings. The number of carbonyl (C=O) groups is 2. The quantitative estimate of drug-likeness (QED) is 0.0662. The standard InChI is InChI=1S/C41H81NO3/c1-3-5-7-9-11-13-15-17-19-21-23-25-27-30-34-38(40(42)43)35-32-29-33-37-39(41(44)45)36-31-28-26-24-22-20-18-16-14-12-10-8-6-4-2/h38-39H,3-37H2,1-2H3,(H2,42,43)(H,44,45). The van der Waals surface area contributed by atoms with Gasteiger partial charge in [-0.05, 0) is 25.7 Å². The topological polar surface area (TPSA) is 80.4 Å². The van der Waals surface area contributed by atoms with E-state index in [1.807, 2.05) is 0 Å². The van der Waals surface area contributed by atoms with Crippen LogP contribution in [0.1, 0.15) is 239 Å². The fourth-order valence-electron chi connectivity index (χ4n) is 6.95. The van der Waals surface area contributed by atoms with Crippen molar-refractivity contribution in [3.05, 3.63) is 0 Å². The monoisotopic (exact) mass is 636 g/mol. The van der Waals surface area contributed by atoms with Crippen LogP contribution >= 0.6 is 0 Å². The molecule has 0 saturated heterocycles. The first kappa shape index (κ1) is 43.9. The number of aliphatic carboxylic acids is 1. The molecular formula is C41H81NO3. The van der Waals surface area contributed by atoms with Gasteiger partial charge in [0.2, 0.25) is 5.91 Å². The lowest BCUT2D eigenvalue weighted by Crippen LogP contribution is -2.23. The number of carboxylic acid groups (broad SMARTS) is 1. The van der Waals surface area contributed by atoms with Crippen molar-refractivity contribution < 1.29 is 14.7 Å². The Labute approximate surface area is 282 Å². The molecule has 0 rings (SSSR count). The van der Waals surface area contributed by atoms with E-state index in [2.05, 4.69) is 13.8 Å². The van der Waals surface area contributed by atoms with Crippen molar-refractivity contribution >= 4 is 11.9 Å². The Balaban J connectivity index is 3.69. The zero-order valence-electron chi connectivity index (χ0n) is 30.7. The average molecular weight is 636 g/mol. The Hall–Kier alpha value is -1.06. The number of carbonyl (C=O) groups excluding carboxylic acids is 1. The van der Waals surface area contributed by atoms with Gasteiger partial charge < -0.3 is 10.8 Å². The minimum atomic E-state index is -0.627. The van der Waals surface area contributed by atoms with Crippen LogP contribution in [0.3, 0.4) is 0 Å². The van der Waals surface area contributed by atoms with Crippen molar-refractivity contribution in [2.75, 3.05) is 0 Å². The van der Waals surface area contributed by atoms with Gasteiger partial charge in [0.1, 0.15) is 0 Å². The minimum absolute atomic E-state index is 0.00635. The number of rotatable bonds is 38. The Morgan fingerprint density at radius 1 is 0.378 bits per heavy atom. The molecule has 1 amide bonds. The number of hydrogen-bond donors (Lipinski definition) is 2. The highest BCUT2D eigenvalue weighted by molar-refractivity contribution is 5.76. The van der Waals surface area contributed by atoms with E-state index in [9.17, 15) is 14.7 Å². The van der Waals surface area contributed by atoms with E-state index in [4.69, 9.17) is 5.73 Å². The van der Waals surface area contributed by atoms with Gasteiger partial charge in [-0.2, -0.15) is 0 Å². The summed E-state index contributed by atoms with van der Waals surface area (Å²) >= 11 is 0. The highest BCUT2D eigenvalue weighted by atomic mass is 16.4. The minimum Gasteiger partial charge on any atom is -0.481 e. The van der Waals surface area contributed by atoms with Crippen molar-refractivity contribution in [1.82, 2.24) is 0 Å². The van der Waals surface area contributed by atoms with Gasteiger partial charge in [0.05, 0.1) is 5.92 Å². The fraction of sp³-hybridized carbons (Fsp3) is 0.951. The molecule has 0 aromatic carbocycles. The molecule has 45 heavy (non-hydrogen) atoms. The number of primary amides is 1. The van der Waals surface area contributed by atoms with Gasteiger partial charge in [-0.3, -0.25) is 9.59 Å². The van der Waals surface area contributed by atoms with E-state index >= 15 is 0 Å². The maximum Gasteiger partial charge on any atom is 0.306 e. The van der Waals surface area contributed by atoms with Gasteiger partial charge >= 0.3 is 5.97 Å². The molecule has 3 N–H and O–H groups in total. The van der Waals surface area contributed by atoms with E-state index in [1.54, 1.807) is 0 Å². The Morgan fingerprint density at radius 2 is 0.578 bits per heavy atom. The lowest BCUT2D eigenvalue weighted by atomic mass is 9.91. The second kappa shape index (κ2) is 35.8. The number of amides is 1. The van der Waals surface area contributed by atoms with Crippen LogP contribution in [0.5, 0.6) is 0 Å². The average Bonchev–Trinajstić information content (AvgIpc) is 3.02. The first-order valence-electron chi connectivity index (χ1n) is 20.5. The predicted molar refractivity (Wildman–Crippen MR) is 197 cm³/mol. The maximum absolute atomic E-state index is 12.0. The van der Waals surface area contributed by atoms with Crippen molar-refractivity contribution in [3.8, 4) is 0 Å². The molecule has 0 saturated carbocycles.